The van der Waals surface area contributed by atoms with Crippen LogP contribution in [0, 0.1) is 11.8 Å². The summed E-state index contributed by atoms with van der Waals surface area (Å²) in [6, 6.07) is 0. The van der Waals surface area contributed by atoms with Crippen LogP contribution in [0.2, 0.25) is 18.1 Å². The Kier molecular flexibility index (Phi) is 7.72. The molecule has 0 saturated heterocycles. The third kappa shape index (κ3) is 6.91. The molecule has 0 saturated carbocycles. The fourth-order valence-corrected chi connectivity index (χ4v) is 2.69. The van der Waals surface area contributed by atoms with Crippen molar-refractivity contribution >= 4 is 8.32 Å². The second-order valence-corrected chi connectivity index (χ2v) is 12.2. The van der Waals surface area contributed by atoms with Gasteiger partial charge in [0.25, 0.3) is 0 Å². The number of rotatable bonds is 8. The molecule has 2 atom stereocenters. The molecule has 0 aliphatic rings. The summed E-state index contributed by atoms with van der Waals surface area (Å²) in [7, 11) is -1.58. The minimum atomic E-state index is -1.58. The predicted octanol–water partition coefficient (Wildman–Crippen LogP) is 4.44. The predicted molar refractivity (Wildman–Crippen MR) is 82.4 cm³/mol. The molecule has 0 aliphatic carbocycles. The van der Waals surface area contributed by atoms with E-state index >= 15 is 0 Å². The van der Waals surface area contributed by atoms with Crippen LogP contribution in [0.5, 0.6) is 0 Å². The molecule has 1 N–H and O–H groups in total. The molecular formula is C15H34O2Si. The smallest absolute Gasteiger partial charge is 0.191 e. The van der Waals surface area contributed by atoms with Crippen molar-refractivity contribution in [1.82, 2.24) is 0 Å². The van der Waals surface area contributed by atoms with Gasteiger partial charge in [-0.25, -0.2) is 0 Å². The van der Waals surface area contributed by atoms with E-state index in [1.54, 1.807) is 0 Å². The molecule has 0 spiro atoms. The van der Waals surface area contributed by atoms with Gasteiger partial charge in [-0.2, -0.15) is 0 Å². The molecule has 0 fully saturated rings. The molecule has 0 aromatic carbocycles. The summed E-state index contributed by atoms with van der Waals surface area (Å²) in [4.78, 5) is 0. The van der Waals surface area contributed by atoms with Crippen molar-refractivity contribution in [1.29, 1.82) is 0 Å². The standard InChI is InChI=1S/C15H34O2Si/c1-13(11-16)9-8-10-14(2)12-17-18(6,7)15(3,4)5/h13-14,16H,8-12H2,1-7H3/t13-,14-/m0/s1. The molecule has 0 amide bonds. The highest BCUT2D eigenvalue weighted by molar-refractivity contribution is 6.74. The highest BCUT2D eigenvalue weighted by Crippen LogP contribution is 2.36. The second-order valence-electron chi connectivity index (χ2n) is 7.40. The molecule has 3 heteroatoms. The lowest BCUT2D eigenvalue weighted by Crippen LogP contribution is -2.41. The lowest BCUT2D eigenvalue weighted by atomic mass is 10.00. The van der Waals surface area contributed by atoms with Gasteiger partial charge >= 0.3 is 0 Å². The van der Waals surface area contributed by atoms with E-state index in [-0.39, 0.29) is 0 Å². The molecule has 0 aromatic heterocycles. The van der Waals surface area contributed by atoms with Crippen LogP contribution in [0.3, 0.4) is 0 Å². The highest BCUT2D eigenvalue weighted by Gasteiger charge is 2.37. The first-order valence-electron chi connectivity index (χ1n) is 7.35. The molecule has 0 rings (SSSR count). The summed E-state index contributed by atoms with van der Waals surface area (Å²) in [6.45, 7) is 17.1. The minimum absolute atomic E-state index is 0.304. The Balaban J connectivity index is 3.87. The van der Waals surface area contributed by atoms with E-state index in [0.29, 0.717) is 23.5 Å². The average molecular weight is 275 g/mol. The number of hydrogen-bond acceptors (Lipinski definition) is 2. The quantitative estimate of drug-likeness (QED) is 0.663. The van der Waals surface area contributed by atoms with Gasteiger partial charge in [0, 0.05) is 13.2 Å². The first-order chi connectivity index (χ1) is 8.10. The van der Waals surface area contributed by atoms with Crippen molar-refractivity contribution in [3.8, 4) is 0 Å². The van der Waals surface area contributed by atoms with Crippen LogP contribution in [-0.4, -0.2) is 26.6 Å². The number of hydrogen-bond donors (Lipinski definition) is 1. The zero-order valence-corrected chi connectivity index (χ0v) is 14.5. The second kappa shape index (κ2) is 7.66. The van der Waals surface area contributed by atoms with Crippen molar-refractivity contribution in [2.24, 2.45) is 11.8 Å². The minimum Gasteiger partial charge on any atom is -0.417 e. The molecular weight excluding hydrogens is 240 g/mol. The van der Waals surface area contributed by atoms with Gasteiger partial charge in [-0.3, -0.25) is 0 Å². The van der Waals surface area contributed by atoms with Crippen molar-refractivity contribution in [2.75, 3.05) is 13.2 Å². The van der Waals surface area contributed by atoms with Gasteiger partial charge in [-0.15, -0.1) is 0 Å². The van der Waals surface area contributed by atoms with Crippen LogP contribution in [0.1, 0.15) is 53.9 Å². The summed E-state index contributed by atoms with van der Waals surface area (Å²) in [5, 5.41) is 9.28. The van der Waals surface area contributed by atoms with Gasteiger partial charge in [0.1, 0.15) is 0 Å². The molecule has 110 valence electrons. The summed E-state index contributed by atoms with van der Waals surface area (Å²) in [6.07, 6.45) is 3.53. The third-order valence-corrected chi connectivity index (χ3v) is 8.74. The van der Waals surface area contributed by atoms with Crippen molar-refractivity contribution in [3.05, 3.63) is 0 Å². The highest BCUT2D eigenvalue weighted by atomic mass is 28.4. The van der Waals surface area contributed by atoms with Gasteiger partial charge in [-0.05, 0) is 42.8 Å². The lowest BCUT2D eigenvalue weighted by molar-refractivity contribution is 0.210. The van der Waals surface area contributed by atoms with Crippen LogP contribution in [-0.2, 0) is 4.43 Å². The lowest BCUT2D eigenvalue weighted by Gasteiger charge is -2.37. The van der Waals surface area contributed by atoms with E-state index in [9.17, 15) is 0 Å². The molecule has 18 heavy (non-hydrogen) atoms. The zero-order valence-electron chi connectivity index (χ0n) is 13.5. The number of aliphatic hydroxyl groups is 1. The molecule has 0 heterocycles. The topological polar surface area (TPSA) is 29.5 Å². The molecule has 0 bridgehead atoms. The van der Waals surface area contributed by atoms with E-state index in [4.69, 9.17) is 9.53 Å². The van der Waals surface area contributed by atoms with Gasteiger partial charge in [0.05, 0.1) is 0 Å². The summed E-state index contributed by atoms with van der Waals surface area (Å²) >= 11 is 0. The van der Waals surface area contributed by atoms with Crippen LogP contribution >= 0.6 is 0 Å². The zero-order chi connectivity index (χ0) is 14.4. The van der Waals surface area contributed by atoms with Crippen LogP contribution in [0.15, 0.2) is 0 Å². The van der Waals surface area contributed by atoms with Gasteiger partial charge < -0.3 is 9.53 Å². The first kappa shape index (κ1) is 18.1. The number of aliphatic hydroxyl groups excluding tert-OH is 1. The Labute approximate surface area is 115 Å². The monoisotopic (exact) mass is 274 g/mol. The third-order valence-electron chi connectivity index (χ3n) is 4.24. The van der Waals surface area contributed by atoms with E-state index in [1.165, 1.54) is 12.8 Å². The average Bonchev–Trinajstić information content (AvgIpc) is 2.24. The van der Waals surface area contributed by atoms with Crippen molar-refractivity contribution < 1.29 is 9.53 Å². The molecule has 0 aliphatic heterocycles. The maximum Gasteiger partial charge on any atom is 0.191 e. The first-order valence-corrected chi connectivity index (χ1v) is 10.3. The molecule has 0 aromatic rings. The Bertz CT molecular complexity index is 221. The summed E-state index contributed by atoms with van der Waals surface area (Å²) in [5.74, 6) is 1.07. The van der Waals surface area contributed by atoms with Gasteiger partial charge in [0.2, 0.25) is 0 Å². The molecule has 0 unspecified atom stereocenters. The van der Waals surface area contributed by atoms with Crippen LogP contribution in [0.4, 0.5) is 0 Å². The van der Waals surface area contributed by atoms with E-state index in [2.05, 4.69) is 47.7 Å². The van der Waals surface area contributed by atoms with E-state index in [1.807, 2.05) is 0 Å². The van der Waals surface area contributed by atoms with E-state index in [0.717, 1.165) is 13.0 Å². The van der Waals surface area contributed by atoms with Crippen molar-refractivity contribution in [3.63, 3.8) is 0 Å². The maximum absolute atomic E-state index is 8.98. The Morgan fingerprint density at radius 1 is 1.06 bits per heavy atom. The largest absolute Gasteiger partial charge is 0.417 e. The fraction of sp³-hybridized carbons (Fsp3) is 1.00. The summed E-state index contributed by atoms with van der Waals surface area (Å²) < 4.78 is 6.23. The Morgan fingerprint density at radius 3 is 2.00 bits per heavy atom. The van der Waals surface area contributed by atoms with Crippen LogP contribution in [0.25, 0.3) is 0 Å². The summed E-state index contributed by atoms with van der Waals surface area (Å²) in [5.41, 5.74) is 0. The Hall–Kier alpha value is 0.137. The maximum atomic E-state index is 8.98. The van der Waals surface area contributed by atoms with Gasteiger partial charge in [0.15, 0.2) is 8.32 Å². The van der Waals surface area contributed by atoms with Crippen molar-refractivity contribution in [2.45, 2.75) is 72.0 Å². The molecule has 2 nitrogen and oxygen atoms in total. The normalized spacial score (nSPS) is 16.7. The van der Waals surface area contributed by atoms with Crippen LogP contribution < -0.4 is 0 Å². The SMILES string of the molecule is C[C@H](CO)CCC[C@H](C)CO[Si](C)(C)C(C)(C)C. The van der Waals surface area contributed by atoms with E-state index < -0.39 is 8.32 Å². The van der Waals surface area contributed by atoms with Gasteiger partial charge in [-0.1, -0.05) is 41.0 Å². The Morgan fingerprint density at radius 2 is 1.56 bits per heavy atom. The molecule has 0 radical (unpaired) electrons. The fourth-order valence-electron chi connectivity index (χ4n) is 1.56.